The number of aromatic nitrogens is 3. The lowest BCUT2D eigenvalue weighted by Gasteiger charge is -2.17. The van der Waals surface area contributed by atoms with Crippen LogP contribution in [0.5, 0.6) is 0 Å². The number of nitrogen functional groups attached to an aromatic ring is 1. The van der Waals surface area contributed by atoms with Gasteiger partial charge in [0.25, 0.3) is 0 Å². The minimum absolute atomic E-state index is 0.451. The van der Waals surface area contributed by atoms with Crippen LogP contribution in [0, 0.1) is 0 Å². The summed E-state index contributed by atoms with van der Waals surface area (Å²) >= 11 is 0. The van der Waals surface area contributed by atoms with Gasteiger partial charge in [0.15, 0.2) is 11.9 Å². The number of nitrogens with zero attached hydrogens (tertiary/aromatic N) is 3. The standard InChI is InChI=1S/C12H16N4O4/c1-5(17)10-8(18)9(19)12(20-10)16-4-15-7-6(13)2-3-14-11(7)16/h2-5,8-10,12,17-19H,1H3,(H2,13,14)/t5-,8+,9-,10-,12-/m1/s1. The first-order chi connectivity index (χ1) is 9.50. The zero-order chi connectivity index (χ0) is 14.4. The van der Waals surface area contributed by atoms with Gasteiger partial charge in [-0.05, 0) is 13.0 Å². The lowest BCUT2D eigenvalue weighted by molar-refractivity contribution is -0.0777. The summed E-state index contributed by atoms with van der Waals surface area (Å²) in [6.45, 7) is 1.49. The van der Waals surface area contributed by atoms with Gasteiger partial charge in [-0.3, -0.25) is 4.57 Å². The molecule has 3 heterocycles. The van der Waals surface area contributed by atoms with Crippen LogP contribution >= 0.6 is 0 Å². The van der Waals surface area contributed by atoms with E-state index in [2.05, 4.69) is 9.97 Å². The summed E-state index contributed by atoms with van der Waals surface area (Å²) in [4.78, 5) is 8.29. The Morgan fingerprint density at radius 2 is 2.10 bits per heavy atom. The van der Waals surface area contributed by atoms with E-state index in [0.717, 1.165) is 0 Å². The lowest BCUT2D eigenvalue weighted by atomic mass is 10.1. The van der Waals surface area contributed by atoms with Crippen molar-refractivity contribution >= 4 is 16.9 Å². The molecule has 0 bridgehead atoms. The SMILES string of the molecule is C[C@@H](O)[C@H]1O[C@@H](n2cnc3c(N)ccnc32)[C@H](O)[C@@H]1O. The third-order valence-electron chi connectivity index (χ3n) is 3.52. The summed E-state index contributed by atoms with van der Waals surface area (Å²) in [5.74, 6) is 0. The number of hydrogen-bond acceptors (Lipinski definition) is 7. The number of rotatable bonds is 2. The third kappa shape index (κ3) is 1.85. The number of anilines is 1. The largest absolute Gasteiger partial charge is 0.397 e. The van der Waals surface area contributed by atoms with Gasteiger partial charge in [0.2, 0.25) is 0 Å². The van der Waals surface area contributed by atoms with Crippen LogP contribution in [-0.4, -0.2) is 54.3 Å². The predicted molar refractivity (Wildman–Crippen MR) is 69.5 cm³/mol. The molecule has 1 aliphatic heterocycles. The van der Waals surface area contributed by atoms with Crippen LogP contribution < -0.4 is 5.73 Å². The molecule has 0 radical (unpaired) electrons. The summed E-state index contributed by atoms with van der Waals surface area (Å²) in [5, 5.41) is 29.5. The molecule has 8 heteroatoms. The van der Waals surface area contributed by atoms with Crippen LogP contribution in [-0.2, 0) is 4.74 Å². The van der Waals surface area contributed by atoms with E-state index in [-0.39, 0.29) is 0 Å². The molecular formula is C12H16N4O4. The van der Waals surface area contributed by atoms with E-state index in [4.69, 9.17) is 10.5 Å². The molecule has 0 unspecified atom stereocenters. The van der Waals surface area contributed by atoms with Gasteiger partial charge in [0, 0.05) is 6.20 Å². The summed E-state index contributed by atoms with van der Waals surface area (Å²) in [6, 6.07) is 1.62. The minimum Gasteiger partial charge on any atom is -0.397 e. The monoisotopic (exact) mass is 280 g/mol. The van der Waals surface area contributed by atoms with Crippen molar-refractivity contribution < 1.29 is 20.1 Å². The number of fused-ring (bicyclic) bond motifs is 1. The van der Waals surface area contributed by atoms with Crippen molar-refractivity contribution in [3.63, 3.8) is 0 Å². The van der Waals surface area contributed by atoms with Crippen LogP contribution in [0.1, 0.15) is 13.2 Å². The van der Waals surface area contributed by atoms with Crippen LogP contribution in [0.3, 0.4) is 0 Å². The van der Waals surface area contributed by atoms with Gasteiger partial charge >= 0.3 is 0 Å². The first-order valence-electron chi connectivity index (χ1n) is 6.27. The Balaban J connectivity index is 2.02. The Morgan fingerprint density at radius 3 is 2.75 bits per heavy atom. The van der Waals surface area contributed by atoms with E-state index in [1.54, 1.807) is 6.07 Å². The van der Waals surface area contributed by atoms with Crippen molar-refractivity contribution in [1.29, 1.82) is 0 Å². The summed E-state index contributed by atoms with van der Waals surface area (Å²) < 4.78 is 7.03. The van der Waals surface area contributed by atoms with E-state index in [1.165, 1.54) is 24.0 Å². The van der Waals surface area contributed by atoms with E-state index >= 15 is 0 Å². The van der Waals surface area contributed by atoms with Gasteiger partial charge in [-0.25, -0.2) is 9.97 Å². The highest BCUT2D eigenvalue weighted by Gasteiger charge is 2.46. The van der Waals surface area contributed by atoms with Crippen molar-refractivity contribution in [3.05, 3.63) is 18.6 Å². The van der Waals surface area contributed by atoms with Crippen LogP contribution in [0.15, 0.2) is 18.6 Å². The summed E-state index contributed by atoms with van der Waals surface area (Å²) in [7, 11) is 0. The molecule has 8 nitrogen and oxygen atoms in total. The molecule has 1 aliphatic rings. The quantitative estimate of drug-likeness (QED) is 0.556. The van der Waals surface area contributed by atoms with Crippen LogP contribution in [0.4, 0.5) is 5.69 Å². The lowest BCUT2D eigenvalue weighted by Crippen LogP contribution is -2.37. The number of imidazole rings is 1. The Morgan fingerprint density at radius 1 is 1.35 bits per heavy atom. The van der Waals surface area contributed by atoms with Crippen molar-refractivity contribution in [2.24, 2.45) is 0 Å². The maximum Gasteiger partial charge on any atom is 0.165 e. The van der Waals surface area contributed by atoms with Crippen molar-refractivity contribution in [2.75, 3.05) is 5.73 Å². The molecule has 1 fully saturated rings. The Bertz CT molecular complexity index is 629. The van der Waals surface area contributed by atoms with E-state index in [0.29, 0.717) is 16.9 Å². The summed E-state index contributed by atoms with van der Waals surface area (Å²) in [6.07, 6.45) is -2.04. The second-order valence-electron chi connectivity index (χ2n) is 4.94. The molecule has 20 heavy (non-hydrogen) atoms. The topological polar surface area (TPSA) is 127 Å². The smallest absolute Gasteiger partial charge is 0.165 e. The Kier molecular flexibility index (Phi) is 3.09. The fourth-order valence-corrected chi connectivity index (χ4v) is 2.45. The minimum atomic E-state index is -1.18. The zero-order valence-corrected chi connectivity index (χ0v) is 10.8. The first kappa shape index (κ1) is 13.3. The molecule has 5 N–H and O–H groups in total. The van der Waals surface area contributed by atoms with Gasteiger partial charge < -0.3 is 25.8 Å². The first-order valence-corrected chi connectivity index (χ1v) is 6.27. The van der Waals surface area contributed by atoms with Gasteiger partial charge in [0.1, 0.15) is 23.8 Å². The molecule has 108 valence electrons. The van der Waals surface area contributed by atoms with E-state index < -0.39 is 30.6 Å². The third-order valence-corrected chi connectivity index (χ3v) is 3.52. The molecule has 5 atom stereocenters. The second-order valence-corrected chi connectivity index (χ2v) is 4.94. The highest BCUT2D eigenvalue weighted by Crippen LogP contribution is 2.33. The van der Waals surface area contributed by atoms with E-state index in [1.807, 2.05) is 0 Å². The molecule has 0 spiro atoms. The van der Waals surface area contributed by atoms with Crippen LogP contribution in [0.25, 0.3) is 11.2 Å². The number of aliphatic hydroxyl groups is 3. The molecular weight excluding hydrogens is 264 g/mol. The number of pyridine rings is 1. The molecule has 0 aliphatic carbocycles. The van der Waals surface area contributed by atoms with Gasteiger partial charge in [-0.15, -0.1) is 0 Å². The molecule has 1 saturated heterocycles. The number of aliphatic hydroxyl groups excluding tert-OH is 3. The Hall–Kier alpha value is -1.74. The molecule has 0 aromatic carbocycles. The molecule has 0 saturated carbocycles. The molecule has 3 rings (SSSR count). The fourth-order valence-electron chi connectivity index (χ4n) is 2.45. The van der Waals surface area contributed by atoms with Gasteiger partial charge in [0.05, 0.1) is 18.1 Å². The number of hydrogen-bond donors (Lipinski definition) is 4. The molecule has 2 aromatic rings. The normalized spacial score (nSPS) is 31.8. The van der Waals surface area contributed by atoms with Gasteiger partial charge in [-0.1, -0.05) is 0 Å². The average molecular weight is 280 g/mol. The Labute approximate surface area is 114 Å². The highest BCUT2D eigenvalue weighted by atomic mass is 16.6. The predicted octanol–water partition coefficient (Wildman–Crippen LogP) is -0.987. The summed E-state index contributed by atoms with van der Waals surface area (Å²) in [5.41, 5.74) is 7.21. The van der Waals surface area contributed by atoms with Crippen LogP contribution in [0.2, 0.25) is 0 Å². The fraction of sp³-hybridized carbons (Fsp3) is 0.500. The van der Waals surface area contributed by atoms with Gasteiger partial charge in [-0.2, -0.15) is 0 Å². The molecule has 2 aromatic heterocycles. The maximum absolute atomic E-state index is 10.1. The van der Waals surface area contributed by atoms with Crippen molar-refractivity contribution in [1.82, 2.24) is 14.5 Å². The molecule has 0 amide bonds. The van der Waals surface area contributed by atoms with Crippen molar-refractivity contribution in [3.8, 4) is 0 Å². The highest BCUT2D eigenvalue weighted by molar-refractivity contribution is 5.83. The number of ether oxygens (including phenoxy) is 1. The van der Waals surface area contributed by atoms with Crippen molar-refractivity contribution in [2.45, 2.75) is 37.6 Å². The zero-order valence-electron chi connectivity index (χ0n) is 10.8. The van der Waals surface area contributed by atoms with E-state index in [9.17, 15) is 15.3 Å². The average Bonchev–Trinajstić information content (AvgIpc) is 2.94. The second kappa shape index (κ2) is 4.67. The maximum atomic E-state index is 10.1. The number of nitrogens with two attached hydrogens (primary N) is 1.